The first-order chi connectivity index (χ1) is 5.96. The Morgan fingerprint density at radius 2 is 1.29 bits per heavy atom. The van der Waals surface area contributed by atoms with Gasteiger partial charge in [0, 0.05) is 0 Å². The summed E-state index contributed by atoms with van der Waals surface area (Å²) >= 11 is 0. The quantitative estimate of drug-likeness (QED) is 0.572. The third kappa shape index (κ3) is 52.9. The largest absolute Gasteiger partial charge is 3.00 e. The number of allylic oxidation sites excluding steroid dienone is 4. The molecule has 0 amide bonds. The summed E-state index contributed by atoms with van der Waals surface area (Å²) in [6.07, 6.45) is 10.0. The summed E-state index contributed by atoms with van der Waals surface area (Å²) in [5.74, 6) is 2.83. The Bertz CT molecular complexity index is 111. The number of hydrogen-bond donors (Lipinski definition) is 0. The molecule has 0 saturated carbocycles. The van der Waals surface area contributed by atoms with Crippen molar-refractivity contribution in [3.63, 3.8) is 0 Å². The van der Waals surface area contributed by atoms with E-state index in [1.807, 2.05) is 12.2 Å². The molecule has 0 nitrogen and oxygen atoms in total. The topological polar surface area (TPSA) is 0 Å². The van der Waals surface area contributed by atoms with E-state index in [9.17, 15) is 0 Å². The molecule has 1 radical (unpaired) electrons. The molecule has 0 heterocycles. The second kappa shape index (κ2) is 16.3. The fraction of sp³-hybridized carbons (Fsp3) is 0.538. The van der Waals surface area contributed by atoms with Gasteiger partial charge in [-0.3, -0.25) is 6.08 Å². The fourth-order valence-corrected chi connectivity index (χ4v) is 0.340. The molecule has 0 unspecified atom stereocenters. The van der Waals surface area contributed by atoms with Gasteiger partial charge in [0.25, 0.3) is 0 Å². The minimum atomic E-state index is 0. The van der Waals surface area contributed by atoms with Gasteiger partial charge in [-0.25, -0.2) is 12.2 Å². The SMILES string of the molecule is C[C-](C)C.C[C-](C)C.[C-]1=CC=CC1.[Sm+3]. The van der Waals surface area contributed by atoms with Crippen LogP contribution in [0.25, 0.3) is 0 Å². The van der Waals surface area contributed by atoms with Gasteiger partial charge in [0.05, 0.1) is 0 Å². The molecule has 0 atom stereocenters. The van der Waals surface area contributed by atoms with Gasteiger partial charge in [-0.1, -0.05) is 0 Å². The maximum atomic E-state index is 2.99. The van der Waals surface area contributed by atoms with Gasteiger partial charge in [-0.05, 0) is 0 Å². The van der Waals surface area contributed by atoms with E-state index in [4.69, 9.17) is 0 Å². The van der Waals surface area contributed by atoms with Crippen LogP contribution in [-0.2, 0) is 0 Å². The molecular weight excluding hydrogens is 307 g/mol. The van der Waals surface area contributed by atoms with Gasteiger partial charge in [-0.15, -0.1) is 6.42 Å². The van der Waals surface area contributed by atoms with Crippen molar-refractivity contribution in [2.75, 3.05) is 0 Å². The Morgan fingerprint density at radius 3 is 1.36 bits per heavy atom. The number of rotatable bonds is 0. The molecule has 0 aromatic heterocycles. The third-order valence-electron chi connectivity index (χ3n) is 0.586. The molecule has 0 saturated heterocycles. The molecule has 0 aliphatic heterocycles. The average molecular weight is 330 g/mol. The summed E-state index contributed by atoms with van der Waals surface area (Å²) in [7, 11) is 0. The van der Waals surface area contributed by atoms with E-state index in [1.54, 1.807) is 0 Å². The fourth-order valence-electron chi connectivity index (χ4n) is 0.340. The molecule has 1 heteroatoms. The monoisotopic (exact) mass is 331 g/mol. The second-order valence-electron chi connectivity index (χ2n) is 4.00. The second-order valence-corrected chi connectivity index (χ2v) is 4.00. The first-order valence-corrected chi connectivity index (χ1v) is 4.72. The van der Waals surface area contributed by atoms with Gasteiger partial charge >= 0.3 is 40.4 Å². The van der Waals surface area contributed by atoms with Crippen LogP contribution in [-0.4, -0.2) is 0 Å². The zero-order valence-electron chi connectivity index (χ0n) is 10.3. The molecule has 0 spiro atoms. The molecule has 81 valence electrons. The number of hydrogen-bond acceptors (Lipinski definition) is 0. The van der Waals surface area contributed by atoms with Crippen LogP contribution < -0.4 is 0 Å². The van der Waals surface area contributed by atoms with Crippen LogP contribution in [0.4, 0.5) is 0 Å². The average Bonchev–Trinajstić information content (AvgIpc) is 2.35. The Morgan fingerprint density at radius 1 is 0.929 bits per heavy atom. The molecule has 0 aromatic carbocycles. The zero-order chi connectivity index (χ0) is 10.7. The Labute approximate surface area is 123 Å². The van der Waals surface area contributed by atoms with Crippen molar-refractivity contribution in [1.82, 2.24) is 0 Å². The summed E-state index contributed by atoms with van der Waals surface area (Å²) < 4.78 is 0. The van der Waals surface area contributed by atoms with E-state index < -0.39 is 0 Å². The van der Waals surface area contributed by atoms with Gasteiger partial charge in [0.1, 0.15) is 0 Å². The van der Waals surface area contributed by atoms with Crippen LogP contribution in [0.15, 0.2) is 18.2 Å². The summed E-state index contributed by atoms with van der Waals surface area (Å²) in [5.41, 5.74) is 0. The predicted octanol–water partition coefficient (Wildman–Crippen LogP) is 4.55. The van der Waals surface area contributed by atoms with Crippen LogP contribution in [0.5, 0.6) is 0 Å². The van der Waals surface area contributed by atoms with Crippen LogP contribution in [0, 0.1) is 58.3 Å². The van der Waals surface area contributed by atoms with Gasteiger partial charge < -0.3 is 11.8 Å². The molecule has 0 fully saturated rings. The first kappa shape index (κ1) is 20.3. The van der Waals surface area contributed by atoms with E-state index >= 15 is 0 Å². The maximum absolute atomic E-state index is 2.99. The first-order valence-electron chi connectivity index (χ1n) is 4.72. The van der Waals surface area contributed by atoms with Crippen molar-refractivity contribution < 1.29 is 40.4 Å². The molecule has 0 aromatic rings. The Hall–Kier alpha value is 0.818. The van der Waals surface area contributed by atoms with Crippen LogP contribution >= 0.6 is 0 Å². The Balaban J connectivity index is -0.000000127. The van der Waals surface area contributed by atoms with Crippen LogP contribution in [0.1, 0.15) is 48.0 Å². The van der Waals surface area contributed by atoms with Crippen molar-refractivity contribution in [2.24, 2.45) is 0 Å². The van der Waals surface area contributed by atoms with Crippen molar-refractivity contribution in [1.29, 1.82) is 0 Å². The standard InChI is InChI=1S/C5H5.2C4H9.Sm/c1-2-4-5-3-1;2*1-4(2)3;/h1-3H,4H2;2*1-3H3;/q3*-1;+3. The minimum absolute atomic E-state index is 0. The molecular formula is C13H23Sm. The van der Waals surface area contributed by atoms with E-state index in [1.165, 1.54) is 11.8 Å². The maximum Gasteiger partial charge on any atom is 3.00 e. The smallest absolute Gasteiger partial charge is 0.323 e. The predicted molar refractivity (Wildman–Crippen MR) is 62.1 cm³/mol. The van der Waals surface area contributed by atoms with E-state index in [2.05, 4.69) is 53.7 Å². The van der Waals surface area contributed by atoms with Crippen molar-refractivity contribution in [3.05, 3.63) is 36.1 Å². The third-order valence-corrected chi connectivity index (χ3v) is 0.586. The normalized spacial score (nSPS) is 11.4. The molecule has 1 aliphatic rings. The van der Waals surface area contributed by atoms with Crippen molar-refractivity contribution >= 4 is 0 Å². The van der Waals surface area contributed by atoms with E-state index in [0.717, 1.165) is 6.42 Å². The molecule has 0 bridgehead atoms. The molecule has 1 rings (SSSR count). The Kier molecular flexibility index (Phi) is 23.5. The summed E-state index contributed by atoms with van der Waals surface area (Å²) in [4.78, 5) is 0. The van der Waals surface area contributed by atoms with E-state index in [0.29, 0.717) is 0 Å². The van der Waals surface area contributed by atoms with Crippen molar-refractivity contribution in [2.45, 2.75) is 48.0 Å². The summed E-state index contributed by atoms with van der Waals surface area (Å²) in [5, 5.41) is 0. The summed E-state index contributed by atoms with van der Waals surface area (Å²) in [6.45, 7) is 12.5. The summed E-state index contributed by atoms with van der Waals surface area (Å²) in [6, 6.07) is 0. The zero-order valence-corrected chi connectivity index (χ0v) is 13.0. The molecule has 1 aliphatic carbocycles. The minimum Gasteiger partial charge on any atom is -0.323 e. The van der Waals surface area contributed by atoms with Gasteiger partial charge in [-0.2, -0.15) is 47.6 Å². The molecule has 0 N–H and O–H groups in total. The van der Waals surface area contributed by atoms with Crippen LogP contribution in [0.2, 0.25) is 0 Å². The van der Waals surface area contributed by atoms with Gasteiger partial charge in [0.15, 0.2) is 0 Å². The molecule has 14 heavy (non-hydrogen) atoms. The van der Waals surface area contributed by atoms with Crippen molar-refractivity contribution in [3.8, 4) is 0 Å². The van der Waals surface area contributed by atoms with E-state index in [-0.39, 0.29) is 40.4 Å². The van der Waals surface area contributed by atoms with Gasteiger partial charge in [0.2, 0.25) is 0 Å². The van der Waals surface area contributed by atoms with Crippen LogP contribution in [0.3, 0.4) is 0 Å².